The molecule has 1 saturated heterocycles. The zero-order valence-corrected chi connectivity index (χ0v) is 21.7. The maximum Gasteiger partial charge on any atom is 0.260 e. The number of carbonyl (C=O) groups is 1. The average Bonchev–Trinajstić information content (AvgIpc) is 2.91. The van der Waals surface area contributed by atoms with E-state index in [1.165, 1.54) is 6.07 Å². The van der Waals surface area contributed by atoms with E-state index in [4.69, 9.17) is 9.47 Å². The minimum atomic E-state index is -3.66. The predicted octanol–water partition coefficient (Wildman–Crippen LogP) is 3.53. The van der Waals surface area contributed by atoms with Gasteiger partial charge in [0.2, 0.25) is 10.0 Å². The molecule has 8 nitrogen and oxygen atoms in total. The van der Waals surface area contributed by atoms with Gasteiger partial charge in [-0.25, -0.2) is 12.8 Å². The fourth-order valence-electron chi connectivity index (χ4n) is 4.13. The summed E-state index contributed by atoms with van der Waals surface area (Å²) in [5.41, 5.74) is 1.73. The Morgan fingerprint density at radius 1 is 0.919 bits per heavy atom. The molecule has 0 spiro atoms. The van der Waals surface area contributed by atoms with Crippen LogP contribution >= 0.6 is 0 Å². The number of nitrogens with zero attached hydrogens (tertiary/aromatic N) is 3. The predicted molar refractivity (Wildman–Crippen MR) is 141 cm³/mol. The molecule has 1 aliphatic heterocycles. The van der Waals surface area contributed by atoms with Gasteiger partial charge < -0.3 is 19.3 Å². The molecule has 10 heteroatoms. The molecule has 0 aromatic heterocycles. The van der Waals surface area contributed by atoms with E-state index in [1.54, 1.807) is 54.5 Å². The Labute approximate surface area is 216 Å². The van der Waals surface area contributed by atoms with E-state index >= 15 is 0 Å². The van der Waals surface area contributed by atoms with Crippen LogP contribution in [-0.2, 0) is 21.4 Å². The minimum absolute atomic E-state index is 0.115. The largest absolute Gasteiger partial charge is 0.497 e. The van der Waals surface area contributed by atoms with E-state index in [9.17, 15) is 17.6 Å². The van der Waals surface area contributed by atoms with Gasteiger partial charge in [-0.2, -0.15) is 0 Å². The molecule has 3 aromatic carbocycles. The van der Waals surface area contributed by atoms with Crippen molar-refractivity contribution in [3.63, 3.8) is 0 Å². The van der Waals surface area contributed by atoms with Gasteiger partial charge in [0.1, 0.15) is 17.3 Å². The van der Waals surface area contributed by atoms with Crippen LogP contribution in [0, 0.1) is 5.82 Å². The van der Waals surface area contributed by atoms with Crippen molar-refractivity contribution < 1.29 is 27.1 Å². The third kappa shape index (κ3) is 6.71. The van der Waals surface area contributed by atoms with Crippen molar-refractivity contribution in [1.82, 2.24) is 4.90 Å². The van der Waals surface area contributed by atoms with Gasteiger partial charge in [0.15, 0.2) is 6.61 Å². The monoisotopic (exact) mass is 527 g/mol. The second-order valence-corrected chi connectivity index (χ2v) is 10.6. The first-order valence-electron chi connectivity index (χ1n) is 11.9. The van der Waals surface area contributed by atoms with Gasteiger partial charge in [0.05, 0.1) is 25.6 Å². The van der Waals surface area contributed by atoms with Gasteiger partial charge in [-0.3, -0.25) is 9.10 Å². The Morgan fingerprint density at radius 3 is 2.14 bits per heavy atom. The van der Waals surface area contributed by atoms with E-state index in [0.717, 1.165) is 35.1 Å². The van der Waals surface area contributed by atoms with Crippen LogP contribution in [0.5, 0.6) is 11.5 Å². The summed E-state index contributed by atoms with van der Waals surface area (Å²) < 4.78 is 50.9. The highest BCUT2D eigenvalue weighted by Gasteiger charge is 2.22. The summed E-state index contributed by atoms with van der Waals surface area (Å²) in [4.78, 5) is 16.7. The number of anilines is 2. The summed E-state index contributed by atoms with van der Waals surface area (Å²) in [7, 11) is -2.03. The lowest BCUT2D eigenvalue weighted by Crippen LogP contribution is -2.50. The first kappa shape index (κ1) is 26.3. The van der Waals surface area contributed by atoms with Gasteiger partial charge in [-0.1, -0.05) is 18.2 Å². The van der Waals surface area contributed by atoms with Crippen molar-refractivity contribution in [2.75, 3.05) is 55.4 Å². The van der Waals surface area contributed by atoms with Crippen LogP contribution in [0.2, 0.25) is 0 Å². The quantitative estimate of drug-likeness (QED) is 0.424. The lowest BCUT2D eigenvalue weighted by Gasteiger charge is -2.36. The molecule has 0 radical (unpaired) electrons. The van der Waals surface area contributed by atoms with E-state index in [1.807, 2.05) is 24.3 Å². The van der Waals surface area contributed by atoms with Crippen molar-refractivity contribution in [2.45, 2.75) is 6.54 Å². The number of sulfonamides is 1. The van der Waals surface area contributed by atoms with Crippen LogP contribution in [-0.4, -0.2) is 65.4 Å². The van der Waals surface area contributed by atoms with Gasteiger partial charge in [0.25, 0.3) is 5.91 Å². The zero-order chi connectivity index (χ0) is 26.4. The van der Waals surface area contributed by atoms with Crippen molar-refractivity contribution >= 4 is 27.3 Å². The number of ether oxygens (including phenoxy) is 2. The Bertz CT molecular complexity index is 1310. The summed E-state index contributed by atoms with van der Waals surface area (Å²) >= 11 is 0. The van der Waals surface area contributed by atoms with Crippen molar-refractivity contribution in [3.05, 3.63) is 84.2 Å². The maximum absolute atomic E-state index is 14.1. The van der Waals surface area contributed by atoms with Crippen LogP contribution < -0.4 is 18.7 Å². The number of halogens is 1. The first-order chi connectivity index (χ1) is 17.7. The fraction of sp³-hybridized carbons (Fsp3) is 0.296. The van der Waals surface area contributed by atoms with E-state index < -0.39 is 15.8 Å². The highest BCUT2D eigenvalue weighted by Crippen LogP contribution is 2.25. The Kier molecular flexibility index (Phi) is 8.17. The molecule has 0 saturated carbocycles. The van der Waals surface area contributed by atoms with Crippen molar-refractivity contribution in [1.29, 1.82) is 0 Å². The lowest BCUT2D eigenvalue weighted by molar-refractivity contribution is -0.133. The second kappa shape index (κ2) is 11.5. The first-order valence-corrected chi connectivity index (χ1v) is 13.7. The van der Waals surface area contributed by atoms with E-state index in [-0.39, 0.29) is 24.6 Å². The number of carbonyl (C=O) groups excluding carboxylic acids is 1. The molecule has 1 amide bonds. The highest BCUT2D eigenvalue weighted by atomic mass is 32.2. The number of hydrogen-bond acceptors (Lipinski definition) is 6. The number of methoxy groups -OCH3 is 1. The summed E-state index contributed by atoms with van der Waals surface area (Å²) in [6, 6.07) is 20.3. The molecule has 3 aromatic rings. The molecule has 0 aliphatic carbocycles. The molecular formula is C27H30FN3O5S. The van der Waals surface area contributed by atoms with Crippen LogP contribution in [0.15, 0.2) is 72.8 Å². The number of hydrogen-bond donors (Lipinski definition) is 0. The third-order valence-electron chi connectivity index (χ3n) is 6.23. The molecule has 4 rings (SSSR count). The average molecular weight is 528 g/mol. The summed E-state index contributed by atoms with van der Waals surface area (Å²) in [5, 5.41) is 0. The zero-order valence-electron chi connectivity index (χ0n) is 20.8. The molecule has 0 bridgehead atoms. The standard InChI is InChI=1S/C27H30FN3O5S/c1-35-24-11-7-22(8-12-24)29-15-17-30(18-16-29)27(32)20-36-25-13-9-23(10-14-25)31(37(2,33)34)19-21-5-3-4-6-26(21)28/h3-14H,15-20H2,1-2H3. The lowest BCUT2D eigenvalue weighted by atomic mass is 10.2. The van der Waals surface area contributed by atoms with E-state index in [2.05, 4.69) is 4.90 Å². The molecule has 1 heterocycles. The number of benzene rings is 3. The minimum Gasteiger partial charge on any atom is -0.497 e. The topological polar surface area (TPSA) is 79.4 Å². The van der Waals surface area contributed by atoms with Crippen LogP contribution in [0.25, 0.3) is 0 Å². The number of rotatable bonds is 9. The molecule has 0 unspecified atom stereocenters. The molecule has 0 atom stereocenters. The highest BCUT2D eigenvalue weighted by molar-refractivity contribution is 7.92. The van der Waals surface area contributed by atoms with Gasteiger partial charge in [-0.05, 0) is 54.6 Å². The maximum atomic E-state index is 14.1. The third-order valence-corrected chi connectivity index (χ3v) is 7.37. The molecule has 1 aliphatic rings. The van der Waals surface area contributed by atoms with Crippen molar-refractivity contribution in [3.8, 4) is 11.5 Å². The van der Waals surface area contributed by atoms with Crippen LogP contribution in [0.1, 0.15) is 5.56 Å². The molecular weight excluding hydrogens is 497 g/mol. The molecule has 196 valence electrons. The second-order valence-electron chi connectivity index (χ2n) is 8.71. The smallest absolute Gasteiger partial charge is 0.260 e. The number of piperazine rings is 1. The Morgan fingerprint density at radius 2 is 1.54 bits per heavy atom. The summed E-state index contributed by atoms with van der Waals surface area (Å²) in [6.07, 6.45) is 1.07. The molecule has 1 fully saturated rings. The van der Waals surface area contributed by atoms with E-state index in [0.29, 0.717) is 24.5 Å². The number of amides is 1. The Hall–Kier alpha value is -3.79. The Balaban J connectivity index is 1.31. The van der Waals surface area contributed by atoms with Gasteiger partial charge in [0, 0.05) is 37.4 Å². The normalized spacial score (nSPS) is 13.8. The van der Waals surface area contributed by atoms with Crippen LogP contribution in [0.4, 0.5) is 15.8 Å². The summed E-state index contributed by atoms with van der Waals surface area (Å²) in [6.45, 7) is 2.37. The van der Waals surface area contributed by atoms with Gasteiger partial charge in [-0.15, -0.1) is 0 Å². The van der Waals surface area contributed by atoms with Gasteiger partial charge >= 0.3 is 0 Å². The molecule has 0 N–H and O–H groups in total. The van der Waals surface area contributed by atoms with Crippen LogP contribution in [0.3, 0.4) is 0 Å². The molecule has 37 heavy (non-hydrogen) atoms. The fourth-order valence-corrected chi connectivity index (χ4v) is 5.01. The van der Waals surface area contributed by atoms with Crippen molar-refractivity contribution in [2.24, 2.45) is 0 Å². The SMILES string of the molecule is COc1ccc(N2CCN(C(=O)COc3ccc(N(Cc4ccccc4F)S(C)(=O)=O)cc3)CC2)cc1. The summed E-state index contributed by atoms with van der Waals surface area (Å²) in [5.74, 6) is 0.653.